The fourth-order valence-corrected chi connectivity index (χ4v) is 2.79. The molecular weight excluding hydrogens is 336 g/mol. The van der Waals surface area contributed by atoms with Crippen LogP contribution in [0, 0.1) is 6.92 Å². The van der Waals surface area contributed by atoms with Crippen molar-refractivity contribution in [2.24, 2.45) is 0 Å². The lowest BCUT2D eigenvalue weighted by atomic mass is 10.0. The molecule has 2 aromatic rings. The number of benzene rings is 2. The summed E-state index contributed by atoms with van der Waals surface area (Å²) in [5, 5.41) is 0.812. The van der Waals surface area contributed by atoms with Gasteiger partial charge >= 0.3 is 0 Å². The van der Waals surface area contributed by atoms with Gasteiger partial charge in [0.25, 0.3) is 0 Å². The highest BCUT2D eigenvalue weighted by atomic mass is 35.5. The molecule has 1 aliphatic heterocycles. The number of hydrogen-bond acceptors (Lipinski definition) is 3. The zero-order valence-electron chi connectivity index (χ0n) is 15.3. The summed E-state index contributed by atoms with van der Waals surface area (Å²) < 4.78 is 16.5. The Kier molecular flexibility index (Phi) is 8.26. The highest BCUT2D eigenvalue weighted by molar-refractivity contribution is 6.31. The van der Waals surface area contributed by atoms with Crippen LogP contribution in [-0.2, 0) is 15.9 Å². The number of ether oxygens (including phenoxy) is 3. The molecule has 0 spiro atoms. The third-order valence-corrected chi connectivity index (χ3v) is 4.20. The van der Waals surface area contributed by atoms with E-state index in [1.54, 1.807) is 0 Å². The summed E-state index contributed by atoms with van der Waals surface area (Å²) in [5.74, 6) is 0.863. The van der Waals surface area contributed by atoms with E-state index in [1.807, 2.05) is 38.1 Å². The Balaban J connectivity index is 0.00000109. The van der Waals surface area contributed by atoms with Crippen molar-refractivity contribution in [2.75, 3.05) is 19.8 Å². The molecule has 0 aliphatic carbocycles. The third kappa shape index (κ3) is 6.35. The fourth-order valence-electron chi connectivity index (χ4n) is 2.61. The molecule has 3 nitrogen and oxygen atoms in total. The molecule has 0 unspecified atom stereocenters. The number of rotatable bonds is 6. The number of halogens is 1. The molecule has 1 saturated heterocycles. The van der Waals surface area contributed by atoms with E-state index in [9.17, 15) is 0 Å². The van der Waals surface area contributed by atoms with E-state index in [0.29, 0.717) is 19.8 Å². The molecule has 1 heterocycles. The Bertz CT molecular complexity index is 634. The Hall–Kier alpha value is -1.55. The molecule has 3 rings (SSSR count). The quantitative estimate of drug-likeness (QED) is 0.687. The second-order valence-corrected chi connectivity index (χ2v) is 6.13. The SMILES string of the molecule is CC.Cc1ccc(Cl)c(Cc2ccc(OCCC3OCCO3)cc2)c1. The summed E-state index contributed by atoms with van der Waals surface area (Å²) >= 11 is 6.26. The molecule has 0 N–H and O–H groups in total. The van der Waals surface area contributed by atoms with Gasteiger partial charge in [-0.25, -0.2) is 0 Å². The molecule has 4 heteroatoms. The highest BCUT2D eigenvalue weighted by Crippen LogP contribution is 2.22. The van der Waals surface area contributed by atoms with Crippen LogP contribution in [0.25, 0.3) is 0 Å². The Morgan fingerprint density at radius 3 is 2.40 bits per heavy atom. The predicted molar refractivity (Wildman–Crippen MR) is 103 cm³/mol. The van der Waals surface area contributed by atoms with E-state index >= 15 is 0 Å². The van der Waals surface area contributed by atoms with Crippen molar-refractivity contribution in [1.82, 2.24) is 0 Å². The molecule has 1 fully saturated rings. The molecule has 0 aromatic heterocycles. The van der Waals surface area contributed by atoms with Crippen molar-refractivity contribution in [3.63, 3.8) is 0 Å². The maximum absolute atomic E-state index is 6.26. The molecule has 0 bridgehead atoms. The lowest BCUT2D eigenvalue weighted by molar-refractivity contribution is -0.0531. The maximum Gasteiger partial charge on any atom is 0.161 e. The Morgan fingerprint density at radius 2 is 1.72 bits per heavy atom. The molecule has 0 radical (unpaired) electrons. The summed E-state index contributed by atoms with van der Waals surface area (Å²) in [5.41, 5.74) is 3.59. The van der Waals surface area contributed by atoms with Gasteiger partial charge in [0, 0.05) is 11.4 Å². The van der Waals surface area contributed by atoms with Crippen LogP contribution in [0.5, 0.6) is 5.75 Å². The van der Waals surface area contributed by atoms with Crippen LogP contribution in [0.2, 0.25) is 5.02 Å². The average Bonchev–Trinajstić information content (AvgIpc) is 3.15. The van der Waals surface area contributed by atoms with Gasteiger partial charge in [-0.15, -0.1) is 0 Å². The van der Waals surface area contributed by atoms with Crippen LogP contribution in [0.1, 0.15) is 37.0 Å². The zero-order valence-corrected chi connectivity index (χ0v) is 16.0. The smallest absolute Gasteiger partial charge is 0.161 e. The van der Waals surface area contributed by atoms with Crippen molar-refractivity contribution >= 4 is 11.6 Å². The normalized spacial score (nSPS) is 14.1. The lowest BCUT2D eigenvalue weighted by Crippen LogP contribution is -2.12. The highest BCUT2D eigenvalue weighted by Gasteiger charge is 2.15. The number of aryl methyl sites for hydroxylation is 1. The topological polar surface area (TPSA) is 27.7 Å². The average molecular weight is 363 g/mol. The minimum atomic E-state index is -0.113. The van der Waals surface area contributed by atoms with Crippen LogP contribution in [0.3, 0.4) is 0 Å². The van der Waals surface area contributed by atoms with Crippen molar-refractivity contribution in [3.05, 3.63) is 64.2 Å². The van der Waals surface area contributed by atoms with Crippen molar-refractivity contribution in [1.29, 1.82) is 0 Å². The van der Waals surface area contributed by atoms with E-state index in [0.717, 1.165) is 29.2 Å². The van der Waals surface area contributed by atoms with Gasteiger partial charge in [-0.3, -0.25) is 0 Å². The van der Waals surface area contributed by atoms with Gasteiger partial charge in [-0.2, -0.15) is 0 Å². The summed E-state index contributed by atoms with van der Waals surface area (Å²) in [6.07, 6.45) is 1.46. The fraction of sp³-hybridized carbons (Fsp3) is 0.429. The lowest BCUT2D eigenvalue weighted by Gasteiger charge is -2.11. The van der Waals surface area contributed by atoms with Crippen LogP contribution in [-0.4, -0.2) is 26.1 Å². The molecule has 0 amide bonds. The molecule has 0 atom stereocenters. The molecule has 25 heavy (non-hydrogen) atoms. The van der Waals surface area contributed by atoms with Crippen molar-refractivity contribution < 1.29 is 14.2 Å². The van der Waals surface area contributed by atoms with Crippen LogP contribution in [0.4, 0.5) is 0 Å². The second-order valence-electron chi connectivity index (χ2n) is 5.72. The Labute approximate surface area is 155 Å². The first kappa shape index (κ1) is 19.8. The predicted octanol–water partition coefficient (Wildman–Crippen LogP) is 5.41. The van der Waals surface area contributed by atoms with E-state index in [1.165, 1.54) is 11.1 Å². The van der Waals surface area contributed by atoms with E-state index < -0.39 is 0 Å². The maximum atomic E-state index is 6.26. The number of hydrogen-bond donors (Lipinski definition) is 0. The first-order valence-corrected chi connectivity index (χ1v) is 9.28. The first-order chi connectivity index (χ1) is 12.2. The monoisotopic (exact) mass is 362 g/mol. The molecule has 136 valence electrons. The molecule has 1 aliphatic rings. The van der Waals surface area contributed by atoms with E-state index in [2.05, 4.69) is 25.1 Å². The molecular formula is C21H27ClO3. The second kappa shape index (κ2) is 10.4. The summed E-state index contributed by atoms with van der Waals surface area (Å²) in [6, 6.07) is 14.3. The van der Waals surface area contributed by atoms with Gasteiger partial charge in [0.2, 0.25) is 0 Å². The van der Waals surface area contributed by atoms with Crippen molar-refractivity contribution in [2.45, 2.75) is 39.9 Å². The van der Waals surface area contributed by atoms with Crippen molar-refractivity contribution in [3.8, 4) is 5.75 Å². The van der Waals surface area contributed by atoms with Gasteiger partial charge in [0.1, 0.15) is 5.75 Å². The minimum Gasteiger partial charge on any atom is -0.493 e. The van der Waals surface area contributed by atoms with Gasteiger partial charge in [-0.05, 0) is 42.7 Å². The van der Waals surface area contributed by atoms with Crippen LogP contribution >= 0.6 is 11.6 Å². The molecule has 0 saturated carbocycles. The summed E-state index contributed by atoms with van der Waals surface area (Å²) in [6.45, 7) is 8.03. The zero-order chi connectivity index (χ0) is 18.1. The summed E-state index contributed by atoms with van der Waals surface area (Å²) in [4.78, 5) is 0. The van der Waals surface area contributed by atoms with Crippen LogP contribution in [0.15, 0.2) is 42.5 Å². The van der Waals surface area contributed by atoms with E-state index in [-0.39, 0.29) is 6.29 Å². The third-order valence-electron chi connectivity index (χ3n) is 3.83. The van der Waals surface area contributed by atoms with E-state index in [4.69, 9.17) is 25.8 Å². The summed E-state index contributed by atoms with van der Waals surface area (Å²) in [7, 11) is 0. The Morgan fingerprint density at radius 1 is 1.04 bits per heavy atom. The van der Waals surface area contributed by atoms with Gasteiger partial charge in [0.15, 0.2) is 6.29 Å². The van der Waals surface area contributed by atoms with Crippen LogP contribution < -0.4 is 4.74 Å². The minimum absolute atomic E-state index is 0.113. The van der Waals surface area contributed by atoms with Gasteiger partial charge in [-0.1, -0.05) is 55.3 Å². The first-order valence-electron chi connectivity index (χ1n) is 8.91. The largest absolute Gasteiger partial charge is 0.493 e. The standard InChI is InChI=1S/C19H21ClO3.C2H6/c1-14-2-7-18(20)16(12-14)13-15-3-5-17(6-4-15)21-9-8-19-22-10-11-23-19;1-2/h2-7,12,19H,8-11,13H2,1H3;1-2H3. The molecule has 2 aromatic carbocycles. The van der Waals surface area contributed by atoms with Gasteiger partial charge in [0.05, 0.1) is 19.8 Å². The van der Waals surface area contributed by atoms with Gasteiger partial charge < -0.3 is 14.2 Å².